The van der Waals surface area contributed by atoms with E-state index >= 15 is 0 Å². The Labute approximate surface area is 137 Å². The van der Waals surface area contributed by atoms with Gasteiger partial charge in [0.05, 0.1) is 10.6 Å². The van der Waals surface area contributed by atoms with Crippen LogP contribution in [0.3, 0.4) is 0 Å². The molecule has 0 spiro atoms. The molecule has 108 valence electrons. The first kappa shape index (κ1) is 14.7. The van der Waals surface area contributed by atoms with Gasteiger partial charge in [0.15, 0.2) is 10.9 Å². The highest BCUT2D eigenvalue weighted by molar-refractivity contribution is 6.41. The zero-order valence-corrected chi connectivity index (χ0v) is 12.8. The molecule has 0 aliphatic carbocycles. The molecule has 0 amide bonds. The van der Waals surface area contributed by atoms with Crippen molar-refractivity contribution < 1.29 is 4.79 Å². The fourth-order valence-electron chi connectivity index (χ4n) is 2.10. The average molecular weight is 329 g/mol. The highest BCUT2D eigenvalue weighted by atomic mass is 35.5. The zero-order valence-electron chi connectivity index (χ0n) is 11.3. The minimum atomic E-state index is -0.275. The van der Waals surface area contributed by atoms with Gasteiger partial charge < -0.3 is 0 Å². The van der Waals surface area contributed by atoms with E-state index in [9.17, 15) is 4.79 Å². The standard InChI is InChI=1S/C17H10Cl2N2O/c18-14-13(16(22)12-9-5-2-6-10-12)17(19)21-20-15(14)11-7-3-1-4-8-11/h1-10H. The molecule has 0 atom stereocenters. The van der Waals surface area contributed by atoms with E-state index in [0.29, 0.717) is 11.3 Å². The molecule has 5 heteroatoms. The Morgan fingerprint density at radius 2 is 1.41 bits per heavy atom. The SMILES string of the molecule is O=C(c1ccccc1)c1c(Cl)nnc(-c2ccccc2)c1Cl. The van der Waals surface area contributed by atoms with Crippen molar-refractivity contribution in [1.29, 1.82) is 0 Å². The van der Waals surface area contributed by atoms with Crippen LogP contribution >= 0.6 is 23.2 Å². The summed E-state index contributed by atoms with van der Waals surface area (Å²) >= 11 is 12.4. The summed E-state index contributed by atoms with van der Waals surface area (Å²) in [5.74, 6) is -0.275. The van der Waals surface area contributed by atoms with E-state index in [-0.39, 0.29) is 21.5 Å². The van der Waals surface area contributed by atoms with Crippen LogP contribution in [0.2, 0.25) is 10.2 Å². The molecule has 0 bridgehead atoms. The molecule has 0 saturated carbocycles. The number of carbonyl (C=O) groups is 1. The van der Waals surface area contributed by atoms with Gasteiger partial charge in [0.25, 0.3) is 0 Å². The molecule has 3 aromatic rings. The van der Waals surface area contributed by atoms with Crippen LogP contribution in [0.5, 0.6) is 0 Å². The normalized spacial score (nSPS) is 10.5. The van der Waals surface area contributed by atoms with E-state index in [1.807, 2.05) is 36.4 Å². The Hall–Kier alpha value is -2.23. The summed E-state index contributed by atoms with van der Waals surface area (Å²) in [5.41, 5.74) is 1.88. The molecule has 1 heterocycles. The van der Waals surface area contributed by atoms with Gasteiger partial charge in [0.2, 0.25) is 0 Å². The van der Waals surface area contributed by atoms with Crippen LogP contribution in [0.1, 0.15) is 15.9 Å². The molecule has 0 radical (unpaired) electrons. The van der Waals surface area contributed by atoms with Gasteiger partial charge in [-0.25, -0.2) is 0 Å². The second-order valence-electron chi connectivity index (χ2n) is 4.59. The zero-order chi connectivity index (χ0) is 15.5. The lowest BCUT2D eigenvalue weighted by molar-refractivity contribution is 0.103. The predicted octanol–water partition coefficient (Wildman–Crippen LogP) is 4.68. The summed E-state index contributed by atoms with van der Waals surface area (Å²) < 4.78 is 0. The first-order chi connectivity index (χ1) is 10.7. The van der Waals surface area contributed by atoms with Crippen LogP contribution in [0.4, 0.5) is 0 Å². The summed E-state index contributed by atoms with van der Waals surface area (Å²) in [6, 6.07) is 18.1. The molecule has 1 aromatic heterocycles. The number of hydrogen-bond donors (Lipinski definition) is 0. The molecule has 0 unspecified atom stereocenters. The van der Waals surface area contributed by atoms with Crippen molar-refractivity contribution in [2.45, 2.75) is 0 Å². The summed E-state index contributed by atoms with van der Waals surface area (Å²) in [5, 5.41) is 8.10. The van der Waals surface area contributed by atoms with Gasteiger partial charge >= 0.3 is 0 Å². The van der Waals surface area contributed by atoms with Crippen LogP contribution in [0, 0.1) is 0 Å². The molecule has 0 N–H and O–H groups in total. The fourth-order valence-corrected chi connectivity index (χ4v) is 2.69. The van der Waals surface area contributed by atoms with Gasteiger partial charge in [-0.05, 0) is 0 Å². The number of carbonyl (C=O) groups excluding carboxylic acids is 1. The van der Waals surface area contributed by atoms with Crippen molar-refractivity contribution in [3.63, 3.8) is 0 Å². The molecule has 2 aromatic carbocycles. The van der Waals surface area contributed by atoms with Crippen molar-refractivity contribution in [3.8, 4) is 11.3 Å². The van der Waals surface area contributed by atoms with Crippen LogP contribution in [-0.2, 0) is 0 Å². The monoisotopic (exact) mass is 328 g/mol. The minimum Gasteiger partial charge on any atom is -0.288 e. The number of aromatic nitrogens is 2. The van der Waals surface area contributed by atoms with Gasteiger partial charge in [-0.2, -0.15) is 0 Å². The van der Waals surface area contributed by atoms with E-state index in [2.05, 4.69) is 10.2 Å². The molecule has 0 saturated heterocycles. The number of halogens is 2. The van der Waals surface area contributed by atoms with Crippen molar-refractivity contribution >= 4 is 29.0 Å². The first-order valence-electron chi connectivity index (χ1n) is 6.55. The quantitative estimate of drug-likeness (QED) is 0.655. The van der Waals surface area contributed by atoms with Crippen molar-refractivity contribution in [2.75, 3.05) is 0 Å². The fraction of sp³-hybridized carbons (Fsp3) is 0. The number of hydrogen-bond acceptors (Lipinski definition) is 3. The summed E-state index contributed by atoms with van der Waals surface area (Å²) in [4.78, 5) is 12.6. The maximum absolute atomic E-state index is 12.6. The number of benzene rings is 2. The topological polar surface area (TPSA) is 42.9 Å². The highest BCUT2D eigenvalue weighted by Crippen LogP contribution is 2.32. The van der Waals surface area contributed by atoms with Crippen LogP contribution < -0.4 is 0 Å². The lowest BCUT2D eigenvalue weighted by Crippen LogP contribution is -2.06. The van der Waals surface area contributed by atoms with E-state index < -0.39 is 0 Å². The van der Waals surface area contributed by atoms with Gasteiger partial charge in [-0.1, -0.05) is 83.9 Å². The van der Waals surface area contributed by atoms with Crippen molar-refractivity contribution in [3.05, 3.63) is 82.0 Å². The Morgan fingerprint density at radius 1 is 0.818 bits per heavy atom. The largest absolute Gasteiger partial charge is 0.288 e. The van der Waals surface area contributed by atoms with Crippen LogP contribution in [-0.4, -0.2) is 16.0 Å². The maximum Gasteiger partial charge on any atom is 0.197 e. The predicted molar refractivity (Wildman–Crippen MR) is 87.4 cm³/mol. The molecular formula is C17H10Cl2N2O. The maximum atomic E-state index is 12.6. The second kappa shape index (κ2) is 6.26. The third-order valence-electron chi connectivity index (χ3n) is 3.18. The van der Waals surface area contributed by atoms with Crippen molar-refractivity contribution in [1.82, 2.24) is 10.2 Å². The Kier molecular flexibility index (Phi) is 4.18. The average Bonchev–Trinajstić information content (AvgIpc) is 2.56. The van der Waals surface area contributed by atoms with E-state index in [1.54, 1.807) is 24.3 Å². The molecule has 0 aliphatic heterocycles. The highest BCUT2D eigenvalue weighted by Gasteiger charge is 2.22. The Bertz CT molecular complexity index is 821. The van der Waals surface area contributed by atoms with Gasteiger partial charge in [-0.3, -0.25) is 4.79 Å². The van der Waals surface area contributed by atoms with Crippen molar-refractivity contribution in [2.24, 2.45) is 0 Å². The van der Waals surface area contributed by atoms with Gasteiger partial charge in [0, 0.05) is 11.1 Å². The third-order valence-corrected chi connectivity index (χ3v) is 3.81. The molecule has 0 aliphatic rings. The van der Waals surface area contributed by atoms with E-state index in [4.69, 9.17) is 23.2 Å². The molecule has 0 fully saturated rings. The number of ketones is 1. The third kappa shape index (κ3) is 2.73. The van der Waals surface area contributed by atoms with Crippen LogP contribution in [0.25, 0.3) is 11.3 Å². The molecule has 3 rings (SSSR count). The minimum absolute atomic E-state index is 0.00136. The van der Waals surface area contributed by atoms with Crippen LogP contribution in [0.15, 0.2) is 60.7 Å². The second-order valence-corrected chi connectivity index (χ2v) is 5.33. The molecular weight excluding hydrogens is 319 g/mol. The Balaban J connectivity index is 2.15. The Morgan fingerprint density at radius 3 is 2.05 bits per heavy atom. The van der Waals surface area contributed by atoms with Gasteiger partial charge in [-0.15, -0.1) is 10.2 Å². The summed E-state index contributed by atoms with van der Waals surface area (Å²) in [7, 11) is 0. The van der Waals surface area contributed by atoms with E-state index in [0.717, 1.165) is 5.56 Å². The molecule has 22 heavy (non-hydrogen) atoms. The smallest absolute Gasteiger partial charge is 0.197 e. The van der Waals surface area contributed by atoms with Gasteiger partial charge in [0.1, 0.15) is 5.69 Å². The lowest BCUT2D eigenvalue weighted by Gasteiger charge is -2.09. The number of rotatable bonds is 3. The summed E-state index contributed by atoms with van der Waals surface area (Å²) in [6.07, 6.45) is 0. The first-order valence-corrected chi connectivity index (χ1v) is 7.31. The molecule has 3 nitrogen and oxygen atoms in total. The summed E-state index contributed by atoms with van der Waals surface area (Å²) in [6.45, 7) is 0. The lowest BCUT2D eigenvalue weighted by atomic mass is 10.0. The number of nitrogens with zero attached hydrogens (tertiary/aromatic N) is 2. The van der Waals surface area contributed by atoms with E-state index in [1.165, 1.54) is 0 Å².